The minimum atomic E-state index is -0.828. The Kier molecular flexibility index (Phi) is 7.17. The number of hydrogen-bond donors (Lipinski definition) is 0. The van der Waals surface area contributed by atoms with Crippen LogP contribution in [0.15, 0.2) is 72.1 Å². The average molecular weight is 314 g/mol. The summed E-state index contributed by atoms with van der Waals surface area (Å²) < 4.78 is 24.5. The molecule has 2 aromatic carbocycles. The van der Waals surface area contributed by atoms with Gasteiger partial charge in [-0.25, -0.2) is 4.39 Å². The Morgan fingerprint density at radius 1 is 0.826 bits per heavy atom. The molecule has 0 amide bonds. The van der Waals surface area contributed by atoms with Gasteiger partial charge >= 0.3 is 0 Å². The van der Waals surface area contributed by atoms with Gasteiger partial charge in [-0.2, -0.15) is 0 Å². The first-order valence-electron chi connectivity index (χ1n) is 7.35. The predicted octanol–water partition coefficient (Wildman–Crippen LogP) is 3.84. The summed E-state index contributed by atoms with van der Waals surface area (Å²) in [4.78, 5) is 10.7. The molecule has 3 nitrogen and oxygen atoms in total. The number of allylic oxidation sites excluding steroid dienone is 1. The minimum Gasteiger partial charge on any atom is -0.372 e. The van der Waals surface area contributed by atoms with Crippen LogP contribution in [0.25, 0.3) is 0 Å². The first-order valence-corrected chi connectivity index (χ1v) is 7.35. The Hall–Kier alpha value is -2.30. The van der Waals surface area contributed by atoms with Gasteiger partial charge < -0.3 is 9.47 Å². The highest BCUT2D eigenvalue weighted by Gasteiger charge is 2.07. The highest BCUT2D eigenvalue weighted by Crippen LogP contribution is 2.10. The third kappa shape index (κ3) is 6.14. The molecule has 0 N–H and O–H groups in total. The monoisotopic (exact) mass is 314 g/mol. The fourth-order valence-electron chi connectivity index (χ4n) is 2.00. The highest BCUT2D eigenvalue weighted by molar-refractivity contribution is 5.71. The Bertz CT molecular complexity index is 576. The van der Waals surface area contributed by atoms with Crippen LogP contribution in [0.2, 0.25) is 0 Å². The number of halogens is 1. The van der Waals surface area contributed by atoms with E-state index in [1.54, 1.807) is 0 Å². The Morgan fingerprint density at radius 2 is 1.26 bits per heavy atom. The van der Waals surface area contributed by atoms with E-state index < -0.39 is 5.83 Å². The third-order valence-electron chi connectivity index (χ3n) is 3.22. The van der Waals surface area contributed by atoms with Gasteiger partial charge in [0.25, 0.3) is 0 Å². The molecular formula is C19H19FO3. The van der Waals surface area contributed by atoms with E-state index in [-0.39, 0.29) is 25.1 Å². The number of benzene rings is 2. The topological polar surface area (TPSA) is 35.5 Å². The molecule has 4 heteroatoms. The van der Waals surface area contributed by atoms with Crippen LogP contribution in [0.3, 0.4) is 0 Å². The number of aldehydes is 1. The van der Waals surface area contributed by atoms with Crippen LogP contribution in [0, 0.1) is 0 Å². The molecule has 0 unspecified atom stereocenters. The van der Waals surface area contributed by atoms with Crippen molar-refractivity contribution in [3.8, 4) is 0 Å². The number of rotatable bonds is 9. The first-order chi connectivity index (χ1) is 11.3. The van der Waals surface area contributed by atoms with Crippen molar-refractivity contribution in [2.45, 2.75) is 13.2 Å². The quantitative estimate of drug-likeness (QED) is 0.521. The Balaban J connectivity index is 1.82. The largest absolute Gasteiger partial charge is 0.372 e. The van der Waals surface area contributed by atoms with E-state index in [1.165, 1.54) is 0 Å². The fraction of sp³-hybridized carbons (Fsp3) is 0.211. The van der Waals surface area contributed by atoms with Gasteiger partial charge in [0, 0.05) is 5.57 Å². The van der Waals surface area contributed by atoms with Gasteiger partial charge in [0.1, 0.15) is 0 Å². The molecule has 0 aliphatic rings. The van der Waals surface area contributed by atoms with E-state index in [2.05, 4.69) is 0 Å². The molecule has 2 aromatic rings. The molecule has 0 bridgehead atoms. The Morgan fingerprint density at radius 3 is 1.65 bits per heavy atom. The van der Waals surface area contributed by atoms with Gasteiger partial charge in [-0.15, -0.1) is 0 Å². The lowest BCUT2D eigenvalue weighted by Gasteiger charge is -2.10. The molecule has 0 saturated carbocycles. The minimum absolute atomic E-state index is 0.0221. The summed E-state index contributed by atoms with van der Waals surface area (Å²) in [5, 5.41) is 0. The molecule has 0 aliphatic heterocycles. The molecule has 2 rings (SSSR count). The van der Waals surface area contributed by atoms with E-state index in [0.29, 0.717) is 13.2 Å². The summed E-state index contributed by atoms with van der Waals surface area (Å²) in [6, 6.07) is 19.1. The van der Waals surface area contributed by atoms with E-state index in [4.69, 9.17) is 9.47 Å². The molecule has 0 atom stereocenters. The van der Waals surface area contributed by atoms with Gasteiger partial charge in [0.2, 0.25) is 0 Å². The zero-order chi connectivity index (χ0) is 16.3. The SMILES string of the molecule is O=CC(F)=C(COCc1ccccc1)COCc1ccccc1. The number of carbonyl (C=O) groups is 1. The standard InChI is InChI=1S/C19H19FO3/c20-19(11-21)18(14-22-12-16-7-3-1-4-8-16)15-23-13-17-9-5-2-6-10-17/h1-11H,12-15H2. The van der Waals surface area contributed by atoms with Crippen molar-refractivity contribution in [3.05, 3.63) is 83.2 Å². The zero-order valence-corrected chi connectivity index (χ0v) is 12.8. The van der Waals surface area contributed by atoms with Crippen LogP contribution < -0.4 is 0 Å². The van der Waals surface area contributed by atoms with Gasteiger partial charge in [-0.1, -0.05) is 60.7 Å². The summed E-state index contributed by atoms with van der Waals surface area (Å²) in [6.07, 6.45) is 0.188. The molecule has 0 aromatic heterocycles. The summed E-state index contributed by atoms with van der Waals surface area (Å²) in [7, 11) is 0. The van der Waals surface area contributed by atoms with E-state index in [1.807, 2.05) is 60.7 Å². The molecule has 0 radical (unpaired) electrons. The van der Waals surface area contributed by atoms with Crippen LogP contribution in [0.4, 0.5) is 4.39 Å². The molecule has 0 fully saturated rings. The highest BCUT2D eigenvalue weighted by atomic mass is 19.1. The molecule has 23 heavy (non-hydrogen) atoms. The maximum absolute atomic E-state index is 13.6. The van der Waals surface area contributed by atoms with Gasteiger partial charge in [0.15, 0.2) is 12.1 Å². The molecular weight excluding hydrogens is 295 g/mol. The van der Waals surface area contributed by atoms with Crippen molar-refractivity contribution in [1.82, 2.24) is 0 Å². The lowest BCUT2D eigenvalue weighted by atomic mass is 10.2. The lowest BCUT2D eigenvalue weighted by molar-refractivity contribution is -0.106. The van der Waals surface area contributed by atoms with E-state index in [9.17, 15) is 9.18 Å². The van der Waals surface area contributed by atoms with E-state index >= 15 is 0 Å². The van der Waals surface area contributed by atoms with Crippen molar-refractivity contribution < 1.29 is 18.7 Å². The second-order valence-corrected chi connectivity index (χ2v) is 5.03. The molecule has 0 spiro atoms. The van der Waals surface area contributed by atoms with Crippen molar-refractivity contribution in [1.29, 1.82) is 0 Å². The normalized spacial score (nSPS) is 10.3. The molecule has 0 aliphatic carbocycles. The maximum atomic E-state index is 13.6. The fourth-order valence-corrected chi connectivity index (χ4v) is 2.00. The predicted molar refractivity (Wildman–Crippen MR) is 86.4 cm³/mol. The summed E-state index contributed by atoms with van der Waals surface area (Å²) >= 11 is 0. The van der Waals surface area contributed by atoms with Crippen molar-refractivity contribution >= 4 is 6.29 Å². The van der Waals surface area contributed by atoms with Gasteiger partial charge in [-0.3, -0.25) is 4.79 Å². The average Bonchev–Trinajstić information content (AvgIpc) is 2.61. The lowest BCUT2D eigenvalue weighted by Crippen LogP contribution is -2.08. The van der Waals surface area contributed by atoms with Gasteiger partial charge in [0.05, 0.1) is 26.4 Å². The van der Waals surface area contributed by atoms with Crippen molar-refractivity contribution in [3.63, 3.8) is 0 Å². The van der Waals surface area contributed by atoms with Crippen molar-refractivity contribution in [2.75, 3.05) is 13.2 Å². The van der Waals surface area contributed by atoms with Crippen LogP contribution in [-0.4, -0.2) is 19.5 Å². The zero-order valence-electron chi connectivity index (χ0n) is 12.8. The first kappa shape index (κ1) is 17.1. The smallest absolute Gasteiger partial charge is 0.178 e. The molecule has 0 saturated heterocycles. The van der Waals surface area contributed by atoms with Crippen LogP contribution in [0.1, 0.15) is 11.1 Å². The van der Waals surface area contributed by atoms with Crippen LogP contribution in [-0.2, 0) is 27.5 Å². The summed E-state index contributed by atoms with van der Waals surface area (Å²) in [6.45, 7) is 0.757. The second kappa shape index (κ2) is 9.66. The second-order valence-electron chi connectivity index (χ2n) is 5.03. The van der Waals surface area contributed by atoms with Crippen LogP contribution >= 0.6 is 0 Å². The Labute approximate surface area is 135 Å². The summed E-state index contributed by atoms with van der Waals surface area (Å²) in [5.74, 6) is -0.828. The third-order valence-corrected chi connectivity index (χ3v) is 3.22. The number of ether oxygens (including phenoxy) is 2. The number of carbonyl (C=O) groups excluding carboxylic acids is 1. The maximum Gasteiger partial charge on any atom is 0.178 e. The molecule has 0 heterocycles. The van der Waals surface area contributed by atoms with Gasteiger partial charge in [-0.05, 0) is 11.1 Å². The summed E-state index contributed by atoms with van der Waals surface area (Å²) in [5.41, 5.74) is 2.19. The van der Waals surface area contributed by atoms with Crippen LogP contribution in [0.5, 0.6) is 0 Å². The van der Waals surface area contributed by atoms with Crippen molar-refractivity contribution in [2.24, 2.45) is 0 Å². The molecule has 120 valence electrons. The number of hydrogen-bond acceptors (Lipinski definition) is 3. The van der Waals surface area contributed by atoms with E-state index in [0.717, 1.165) is 11.1 Å².